The van der Waals surface area contributed by atoms with Crippen molar-refractivity contribution >= 4 is 22.7 Å². The van der Waals surface area contributed by atoms with E-state index in [0.717, 1.165) is 5.39 Å². The highest BCUT2D eigenvalue weighted by Gasteiger charge is 2.13. The van der Waals surface area contributed by atoms with Crippen molar-refractivity contribution in [1.82, 2.24) is 19.7 Å². The van der Waals surface area contributed by atoms with Crippen molar-refractivity contribution in [3.63, 3.8) is 0 Å². The van der Waals surface area contributed by atoms with Crippen LogP contribution in [0.3, 0.4) is 0 Å². The fourth-order valence-electron chi connectivity index (χ4n) is 2.35. The molecule has 0 fully saturated rings. The summed E-state index contributed by atoms with van der Waals surface area (Å²) in [4.78, 5) is 20.4. The number of aromatic nitrogens is 4. The lowest BCUT2D eigenvalue weighted by Gasteiger charge is -2.02. The number of aryl methyl sites for hydroxylation is 1. The Balaban J connectivity index is 1.50. The minimum absolute atomic E-state index is 0.229. The van der Waals surface area contributed by atoms with Gasteiger partial charge in [0.15, 0.2) is 5.76 Å². The van der Waals surface area contributed by atoms with E-state index in [2.05, 4.69) is 20.4 Å². The summed E-state index contributed by atoms with van der Waals surface area (Å²) >= 11 is 0. The Morgan fingerprint density at radius 3 is 3.12 bits per heavy atom. The highest BCUT2D eigenvalue weighted by Crippen LogP contribution is 2.20. The molecular formula is C16H13N5O3. The van der Waals surface area contributed by atoms with Crippen LogP contribution in [0, 0.1) is 6.92 Å². The van der Waals surface area contributed by atoms with Gasteiger partial charge < -0.3 is 18.8 Å². The number of amides is 1. The van der Waals surface area contributed by atoms with Gasteiger partial charge in [0.25, 0.3) is 11.6 Å². The molecule has 0 unspecified atom stereocenters. The van der Waals surface area contributed by atoms with Crippen LogP contribution in [0.5, 0.6) is 0 Å². The van der Waals surface area contributed by atoms with E-state index in [-0.39, 0.29) is 11.7 Å². The number of anilines is 1. The van der Waals surface area contributed by atoms with Crippen LogP contribution in [-0.2, 0) is 6.54 Å². The molecule has 4 aromatic rings. The molecule has 120 valence electrons. The summed E-state index contributed by atoms with van der Waals surface area (Å²) in [5.74, 6) is 0.552. The van der Waals surface area contributed by atoms with Gasteiger partial charge in [-0.25, -0.2) is 9.97 Å². The third-order valence-electron chi connectivity index (χ3n) is 3.55. The van der Waals surface area contributed by atoms with Crippen molar-refractivity contribution in [1.29, 1.82) is 0 Å². The third-order valence-corrected chi connectivity index (χ3v) is 3.55. The molecule has 8 heteroatoms. The van der Waals surface area contributed by atoms with Gasteiger partial charge in [-0.2, -0.15) is 0 Å². The van der Waals surface area contributed by atoms with Gasteiger partial charge in [-0.05, 0) is 25.1 Å². The summed E-state index contributed by atoms with van der Waals surface area (Å²) in [5, 5.41) is 7.35. The first kappa shape index (κ1) is 14.2. The number of furan rings is 1. The van der Waals surface area contributed by atoms with Gasteiger partial charge in [-0.15, -0.1) is 0 Å². The molecule has 0 saturated carbocycles. The molecule has 1 amide bonds. The van der Waals surface area contributed by atoms with Crippen LogP contribution in [0.2, 0.25) is 0 Å². The Morgan fingerprint density at radius 2 is 2.29 bits per heavy atom. The molecule has 0 aliphatic heterocycles. The molecule has 0 aromatic carbocycles. The first-order valence-corrected chi connectivity index (χ1v) is 7.27. The zero-order chi connectivity index (χ0) is 16.5. The first-order valence-electron chi connectivity index (χ1n) is 7.27. The van der Waals surface area contributed by atoms with Gasteiger partial charge >= 0.3 is 0 Å². The van der Waals surface area contributed by atoms with Crippen LogP contribution in [0.25, 0.3) is 11.1 Å². The fourth-order valence-corrected chi connectivity index (χ4v) is 2.35. The van der Waals surface area contributed by atoms with E-state index >= 15 is 0 Å². The number of pyridine rings is 1. The Bertz CT molecular complexity index is 1000. The number of carbonyl (C=O) groups excluding carboxylic acids is 1. The van der Waals surface area contributed by atoms with E-state index in [0.29, 0.717) is 29.4 Å². The molecular weight excluding hydrogens is 310 g/mol. The average molecular weight is 323 g/mol. The van der Waals surface area contributed by atoms with Crippen molar-refractivity contribution in [3.8, 4) is 0 Å². The van der Waals surface area contributed by atoms with Crippen molar-refractivity contribution in [3.05, 3.63) is 60.3 Å². The van der Waals surface area contributed by atoms with E-state index in [1.165, 1.54) is 6.20 Å². The maximum atomic E-state index is 12.3. The number of imidazole rings is 1. The molecule has 0 aliphatic rings. The first-order chi connectivity index (χ1) is 11.7. The largest absolute Gasteiger partial charge is 0.454 e. The van der Waals surface area contributed by atoms with E-state index in [9.17, 15) is 4.79 Å². The normalized spacial score (nSPS) is 11.0. The zero-order valence-corrected chi connectivity index (χ0v) is 12.8. The van der Waals surface area contributed by atoms with Crippen molar-refractivity contribution in [2.24, 2.45) is 0 Å². The van der Waals surface area contributed by atoms with Crippen LogP contribution >= 0.6 is 0 Å². The zero-order valence-electron chi connectivity index (χ0n) is 12.8. The second-order valence-electron chi connectivity index (χ2n) is 5.30. The predicted molar refractivity (Wildman–Crippen MR) is 84.5 cm³/mol. The third kappa shape index (κ3) is 2.65. The molecule has 0 radical (unpaired) electrons. The lowest BCUT2D eigenvalue weighted by molar-refractivity contribution is 0.0994. The number of hydrogen-bond acceptors (Lipinski definition) is 6. The number of hydrogen-bond donors (Lipinski definition) is 1. The Kier molecular flexibility index (Phi) is 3.34. The van der Waals surface area contributed by atoms with Gasteiger partial charge in [0.05, 0.1) is 35.8 Å². The molecule has 4 aromatic heterocycles. The Morgan fingerprint density at radius 1 is 1.38 bits per heavy atom. The molecule has 4 rings (SSSR count). The highest BCUT2D eigenvalue weighted by atomic mass is 16.5. The Labute approximate surface area is 136 Å². The number of rotatable bonds is 4. The highest BCUT2D eigenvalue weighted by molar-refractivity contribution is 6.02. The molecule has 0 spiro atoms. The molecule has 24 heavy (non-hydrogen) atoms. The van der Waals surface area contributed by atoms with E-state index in [1.807, 2.05) is 17.7 Å². The van der Waals surface area contributed by atoms with Crippen LogP contribution in [0.1, 0.15) is 22.0 Å². The smallest absolute Gasteiger partial charge is 0.291 e. The van der Waals surface area contributed by atoms with Crippen molar-refractivity contribution in [2.45, 2.75) is 13.5 Å². The summed E-state index contributed by atoms with van der Waals surface area (Å²) in [5.41, 5.74) is 1.70. The molecule has 0 bridgehead atoms. The summed E-state index contributed by atoms with van der Waals surface area (Å²) in [7, 11) is 0. The number of nitrogens with zero attached hydrogens (tertiary/aromatic N) is 4. The van der Waals surface area contributed by atoms with Gasteiger partial charge in [-0.1, -0.05) is 5.16 Å². The van der Waals surface area contributed by atoms with Crippen molar-refractivity contribution in [2.75, 3.05) is 5.32 Å². The molecule has 0 aliphatic carbocycles. The van der Waals surface area contributed by atoms with Crippen LogP contribution < -0.4 is 5.32 Å². The van der Waals surface area contributed by atoms with Gasteiger partial charge in [0.1, 0.15) is 5.76 Å². The quantitative estimate of drug-likeness (QED) is 0.620. The Hall–Kier alpha value is -3.42. The number of fused-ring (bicyclic) bond motifs is 1. The maximum absolute atomic E-state index is 12.3. The fraction of sp³-hybridized carbons (Fsp3) is 0.125. The lowest BCUT2D eigenvalue weighted by Crippen LogP contribution is -2.11. The summed E-state index contributed by atoms with van der Waals surface area (Å²) in [6.07, 6.45) is 6.71. The summed E-state index contributed by atoms with van der Waals surface area (Å²) in [6, 6.07) is 5.17. The van der Waals surface area contributed by atoms with E-state index in [1.54, 1.807) is 30.7 Å². The average Bonchev–Trinajstić information content (AvgIpc) is 3.31. The second kappa shape index (κ2) is 5.65. The van der Waals surface area contributed by atoms with Crippen LogP contribution in [0.4, 0.5) is 5.69 Å². The van der Waals surface area contributed by atoms with Gasteiger partial charge in [-0.3, -0.25) is 4.79 Å². The lowest BCUT2D eigenvalue weighted by atomic mass is 10.2. The molecule has 4 heterocycles. The molecule has 0 atom stereocenters. The molecule has 0 saturated heterocycles. The minimum Gasteiger partial charge on any atom is -0.454 e. The topological polar surface area (TPSA) is 99.0 Å². The molecule has 8 nitrogen and oxygen atoms in total. The second-order valence-corrected chi connectivity index (χ2v) is 5.30. The summed E-state index contributed by atoms with van der Waals surface area (Å²) < 4.78 is 12.5. The van der Waals surface area contributed by atoms with E-state index in [4.69, 9.17) is 8.94 Å². The standard InChI is InChI=1S/C16H13N5O3/c1-10-13-6-11(7-18-16(13)24-20-10)19-15(22)14-3-2-12(23-14)8-21-5-4-17-9-21/h2-7,9H,8H2,1H3,(H,19,22). The number of nitrogens with one attached hydrogen (secondary N) is 1. The summed E-state index contributed by atoms with van der Waals surface area (Å²) in [6.45, 7) is 2.33. The van der Waals surface area contributed by atoms with Crippen LogP contribution in [0.15, 0.2) is 52.1 Å². The van der Waals surface area contributed by atoms with Gasteiger partial charge in [0.2, 0.25) is 0 Å². The predicted octanol–water partition coefficient (Wildman–Crippen LogP) is 2.62. The molecule has 1 N–H and O–H groups in total. The van der Waals surface area contributed by atoms with E-state index < -0.39 is 0 Å². The maximum Gasteiger partial charge on any atom is 0.291 e. The van der Waals surface area contributed by atoms with Crippen LogP contribution in [-0.4, -0.2) is 25.6 Å². The minimum atomic E-state index is -0.345. The monoisotopic (exact) mass is 323 g/mol. The SMILES string of the molecule is Cc1noc2ncc(NC(=O)c3ccc(Cn4ccnc4)o3)cc12. The van der Waals surface area contributed by atoms with Gasteiger partial charge in [0, 0.05) is 12.4 Å². The van der Waals surface area contributed by atoms with Crippen molar-refractivity contribution < 1.29 is 13.7 Å². The number of carbonyl (C=O) groups is 1.